The first kappa shape index (κ1) is 41.7. The zero-order valence-corrected chi connectivity index (χ0v) is 37.9. The molecule has 12 nitrogen and oxygen atoms in total. The van der Waals surface area contributed by atoms with Crippen LogP contribution in [-0.2, 0) is 36.6 Å². The molecule has 1 amide bonds. The minimum absolute atomic E-state index is 0.0669. The number of fused-ring (bicyclic) bond motifs is 5. The Morgan fingerprint density at radius 3 is 2.44 bits per heavy atom. The molecule has 62 heavy (non-hydrogen) atoms. The average Bonchev–Trinajstić information content (AvgIpc) is 3.99. The van der Waals surface area contributed by atoms with E-state index >= 15 is 4.79 Å². The van der Waals surface area contributed by atoms with Crippen LogP contribution in [0.2, 0.25) is 10.0 Å². The van der Waals surface area contributed by atoms with E-state index in [2.05, 4.69) is 47.4 Å². The van der Waals surface area contributed by atoms with Crippen molar-refractivity contribution in [3.8, 4) is 28.3 Å². The fraction of sp³-hybridized carbons (Fsp3) is 0.333. The van der Waals surface area contributed by atoms with Gasteiger partial charge in [0, 0.05) is 95.4 Å². The number of benzene rings is 3. The van der Waals surface area contributed by atoms with Gasteiger partial charge in [-0.1, -0.05) is 35.3 Å². The maximum absolute atomic E-state index is 15.4. The van der Waals surface area contributed by atoms with Crippen molar-refractivity contribution >= 4 is 62.2 Å². The Kier molecular flexibility index (Phi) is 11.1. The molecule has 3 aromatic carbocycles. The number of halogens is 2. The number of pyridine rings is 1. The lowest BCUT2D eigenvalue weighted by Crippen LogP contribution is -2.42. The standard InChI is InChI=1S/C48H50Cl2N8O4/c1-27-21-34(22-28(2)43(27)50)62-18-10-12-35-36-14-15-38(49)42(41-30(4)52-55(7)31(41)5)44(36)58-29(3)24-56(48(59)45(35)58)40-25-54(6)39-16-13-32(23-37(39)40)46-51-47-33(26-61-20-19-60-8)11-9-17-57(47)53-46/h9,11,13-17,21-23,25,29H,10,12,18-20,24,26H2,1-8H3. The van der Waals surface area contributed by atoms with Crippen LogP contribution in [0.4, 0.5) is 5.69 Å². The number of aromatic nitrogens is 7. The first-order valence-electron chi connectivity index (χ1n) is 20.9. The van der Waals surface area contributed by atoms with E-state index in [1.54, 1.807) is 11.6 Å². The molecule has 1 atom stereocenters. The second-order valence-electron chi connectivity index (χ2n) is 16.4. The number of carbonyl (C=O) groups is 1. The van der Waals surface area contributed by atoms with E-state index < -0.39 is 0 Å². The normalized spacial score (nSPS) is 14.3. The first-order valence-corrected chi connectivity index (χ1v) is 21.7. The lowest BCUT2D eigenvalue weighted by atomic mass is 9.98. The highest BCUT2D eigenvalue weighted by Crippen LogP contribution is 2.46. The summed E-state index contributed by atoms with van der Waals surface area (Å²) >= 11 is 13.6. The van der Waals surface area contributed by atoms with E-state index in [4.69, 9.17) is 52.6 Å². The maximum atomic E-state index is 15.4. The topological polar surface area (TPSA) is 106 Å². The Labute approximate surface area is 370 Å². The van der Waals surface area contributed by atoms with Gasteiger partial charge in [-0.05, 0) is 107 Å². The van der Waals surface area contributed by atoms with Gasteiger partial charge in [0.05, 0.1) is 48.3 Å². The molecule has 1 aliphatic heterocycles. The zero-order chi connectivity index (χ0) is 43.6. The summed E-state index contributed by atoms with van der Waals surface area (Å²) in [5, 5.41) is 12.9. The molecule has 1 aliphatic rings. The summed E-state index contributed by atoms with van der Waals surface area (Å²) in [7, 11) is 5.62. The Hall–Kier alpha value is -5.66. The molecule has 1 unspecified atom stereocenters. The van der Waals surface area contributed by atoms with Gasteiger partial charge in [-0.2, -0.15) is 5.10 Å². The fourth-order valence-electron chi connectivity index (χ4n) is 9.18. The highest BCUT2D eigenvalue weighted by molar-refractivity contribution is 6.35. The van der Waals surface area contributed by atoms with Crippen LogP contribution in [-0.4, -0.2) is 72.9 Å². The van der Waals surface area contributed by atoms with Crippen LogP contribution < -0.4 is 9.64 Å². The molecule has 0 N–H and O–H groups in total. The number of anilines is 1. The number of hydrogen-bond acceptors (Lipinski definition) is 7. The van der Waals surface area contributed by atoms with Gasteiger partial charge < -0.3 is 28.2 Å². The number of aryl methyl sites for hydroxylation is 6. The molecule has 9 rings (SSSR count). The third kappa shape index (κ3) is 7.12. The molecule has 320 valence electrons. The number of nitrogens with zero attached hydrogens (tertiary/aromatic N) is 8. The quantitative estimate of drug-likeness (QED) is 0.106. The van der Waals surface area contributed by atoms with E-state index in [1.807, 2.05) is 87.0 Å². The van der Waals surface area contributed by atoms with E-state index in [1.165, 1.54) is 0 Å². The summed E-state index contributed by atoms with van der Waals surface area (Å²) in [4.78, 5) is 22.3. The summed E-state index contributed by atoms with van der Waals surface area (Å²) in [6.07, 6.45) is 5.24. The second-order valence-corrected chi connectivity index (χ2v) is 17.2. The van der Waals surface area contributed by atoms with Crippen molar-refractivity contribution in [1.82, 2.24) is 33.5 Å². The summed E-state index contributed by atoms with van der Waals surface area (Å²) < 4.78 is 25.3. The SMILES string of the molecule is COCCOCc1cccn2nc(-c3ccc4c(c3)c(N3CC(C)n5c(c(CCCOc6cc(C)c(Cl)c(C)c6)c6ccc(Cl)c(-c7c(C)nn(C)c7C)c65)C3=O)cn4C)nc12. The minimum atomic E-state index is -0.104. The number of methoxy groups -OCH3 is 1. The van der Waals surface area contributed by atoms with E-state index in [0.29, 0.717) is 62.4 Å². The molecule has 0 saturated heterocycles. The molecule has 5 aromatic heterocycles. The number of amides is 1. The van der Waals surface area contributed by atoms with Gasteiger partial charge in [-0.15, -0.1) is 5.10 Å². The molecular formula is C48H50Cl2N8O4. The highest BCUT2D eigenvalue weighted by atomic mass is 35.5. The third-order valence-electron chi connectivity index (χ3n) is 12.2. The third-order valence-corrected chi connectivity index (χ3v) is 13.1. The first-order chi connectivity index (χ1) is 29.9. The Morgan fingerprint density at radius 1 is 0.903 bits per heavy atom. The number of hydrogen-bond donors (Lipinski definition) is 0. The van der Waals surface area contributed by atoms with Crippen LogP contribution in [0.3, 0.4) is 0 Å². The summed E-state index contributed by atoms with van der Waals surface area (Å²) in [6.45, 7) is 12.5. The number of rotatable bonds is 13. The van der Waals surface area contributed by atoms with Crippen molar-refractivity contribution in [3.63, 3.8) is 0 Å². The van der Waals surface area contributed by atoms with Crippen LogP contribution in [0.25, 0.3) is 50.0 Å². The van der Waals surface area contributed by atoms with Crippen molar-refractivity contribution in [2.24, 2.45) is 14.1 Å². The molecule has 8 aromatic rings. The van der Waals surface area contributed by atoms with Gasteiger partial charge >= 0.3 is 0 Å². The largest absolute Gasteiger partial charge is 0.494 e. The van der Waals surface area contributed by atoms with Gasteiger partial charge in [0.2, 0.25) is 0 Å². The van der Waals surface area contributed by atoms with Crippen molar-refractivity contribution < 1.29 is 19.0 Å². The maximum Gasteiger partial charge on any atom is 0.275 e. The predicted octanol–water partition coefficient (Wildman–Crippen LogP) is 10.2. The van der Waals surface area contributed by atoms with Gasteiger partial charge in [-0.25, -0.2) is 9.50 Å². The van der Waals surface area contributed by atoms with E-state index in [9.17, 15) is 0 Å². The smallest absolute Gasteiger partial charge is 0.275 e. The predicted molar refractivity (Wildman–Crippen MR) is 246 cm³/mol. The van der Waals surface area contributed by atoms with Gasteiger partial charge in [0.1, 0.15) is 11.4 Å². The lowest BCUT2D eigenvalue weighted by Gasteiger charge is -2.34. The Balaban J connectivity index is 1.13. The molecule has 14 heteroatoms. The van der Waals surface area contributed by atoms with Crippen LogP contribution in [0.1, 0.15) is 63.5 Å². The summed E-state index contributed by atoms with van der Waals surface area (Å²) in [5.74, 6) is 1.30. The summed E-state index contributed by atoms with van der Waals surface area (Å²) in [6, 6.07) is 18.0. The van der Waals surface area contributed by atoms with E-state index in [-0.39, 0.29) is 11.9 Å². The lowest BCUT2D eigenvalue weighted by molar-refractivity contribution is 0.0619. The fourth-order valence-corrected chi connectivity index (χ4v) is 9.54. The monoisotopic (exact) mass is 872 g/mol. The zero-order valence-electron chi connectivity index (χ0n) is 36.3. The van der Waals surface area contributed by atoms with Crippen LogP contribution in [0.5, 0.6) is 5.75 Å². The van der Waals surface area contributed by atoms with Crippen molar-refractivity contribution in [3.05, 3.63) is 116 Å². The van der Waals surface area contributed by atoms with Crippen molar-refractivity contribution in [1.29, 1.82) is 0 Å². The molecule has 0 fully saturated rings. The van der Waals surface area contributed by atoms with Crippen molar-refractivity contribution in [2.45, 2.75) is 60.1 Å². The minimum Gasteiger partial charge on any atom is -0.494 e. The number of ether oxygens (including phenoxy) is 3. The van der Waals surface area contributed by atoms with Gasteiger partial charge in [0.25, 0.3) is 5.91 Å². The Morgan fingerprint density at radius 2 is 1.69 bits per heavy atom. The molecule has 0 aliphatic carbocycles. The van der Waals surface area contributed by atoms with Crippen LogP contribution in [0, 0.1) is 27.7 Å². The molecule has 0 saturated carbocycles. The Bertz CT molecular complexity index is 3030. The number of carbonyl (C=O) groups excluding carboxylic acids is 1. The van der Waals surface area contributed by atoms with Crippen molar-refractivity contribution in [2.75, 3.05) is 38.4 Å². The highest BCUT2D eigenvalue weighted by Gasteiger charge is 2.38. The summed E-state index contributed by atoms with van der Waals surface area (Å²) in [5.41, 5.74) is 12.6. The molecule has 0 radical (unpaired) electrons. The molecule has 6 heterocycles. The van der Waals surface area contributed by atoms with Gasteiger partial charge in [0.15, 0.2) is 11.5 Å². The van der Waals surface area contributed by atoms with E-state index in [0.717, 1.165) is 94.2 Å². The molecular weight excluding hydrogens is 823 g/mol. The van der Waals surface area contributed by atoms with Crippen LogP contribution in [0.15, 0.2) is 67.0 Å². The van der Waals surface area contributed by atoms with Crippen LogP contribution >= 0.6 is 23.2 Å². The molecule has 0 spiro atoms. The molecule has 0 bridgehead atoms. The average molecular weight is 874 g/mol. The second kappa shape index (κ2) is 16.6. The van der Waals surface area contributed by atoms with Gasteiger partial charge in [-0.3, -0.25) is 9.48 Å².